The van der Waals surface area contributed by atoms with Gasteiger partial charge in [-0.3, -0.25) is 9.59 Å². The Morgan fingerprint density at radius 2 is 2.11 bits per heavy atom. The Labute approximate surface area is 158 Å². The van der Waals surface area contributed by atoms with Crippen LogP contribution in [-0.4, -0.2) is 55.2 Å². The molecule has 2 amide bonds. The number of nitrogens with one attached hydrogen (secondary N) is 3. The average molecular weight is 386 g/mol. The van der Waals surface area contributed by atoms with Gasteiger partial charge in [0.05, 0.1) is 12.5 Å². The first-order valence-corrected chi connectivity index (χ1v) is 9.16. The van der Waals surface area contributed by atoms with Crippen molar-refractivity contribution in [3.63, 3.8) is 0 Å². The number of nitrogens with zero attached hydrogens (tertiary/aromatic N) is 2. The van der Waals surface area contributed by atoms with Crippen molar-refractivity contribution in [1.29, 1.82) is 0 Å². The molecule has 154 valence electrons. The maximum atomic E-state index is 12.4. The lowest BCUT2D eigenvalue weighted by Gasteiger charge is -2.20. The molecule has 11 nitrogen and oxygen atoms in total. The SMILES string of the molecule is CC(C)CCNC(=O)[C@H](CCCN=C(N)N[N+](=O)[O-])NC(=O)[C@@H]1CCOC1. The van der Waals surface area contributed by atoms with E-state index in [9.17, 15) is 19.7 Å². The number of aliphatic imine (C=N–C) groups is 1. The first-order valence-electron chi connectivity index (χ1n) is 9.16. The van der Waals surface area contributed by atoms with Gasteiger partial charge in [0.2, 0.25) is 11.8 Å². The van der Waals surface area contributed by atoms with Crippen molar-refractivity contribution in [2.75, 3.05) is 26.3 Å². The van der Waals surface area contributed by atoms with Gasteiger partial charge in [0.25, 0.3) is 5.96 Å². The number of hydrogen-bond acceptors (Lipinski definition) is 6. The van der Waals surface area contributed by atoms with E-state index in [2.05, 4.69) is 29.5 Å². The standard InChI is InChI=1S/C16H30N6O5/c1-11(2)5-8-18-15(24)13(20-14(23)12-6-9-27-10-12)4-3-7-19-16(17)21-22(25)26/h11-13H,3-10H2,1-2H3,(H,18,24)(H,20,23)(H3,17,19,21)/t12-,13+/m1/s1. The molecule has 1 rings (SSSR count). The van der Waals surface area contributed by atoms with Gasteiger partial charge >= 0.3 is 0 Å². The van der Waals surface area contributed by atoms with Crippen LogP contribution in [-0.2, 0) is 14.3 Å². The molecule has 0 spiro atoms. The molecule has 1 saturated heterocycles. The summed E-state index contributed by atoms with van der Waals surface area (Å²) in [6.07, 6.45) is 2.27. The van der Waals surface area contributed by atoms with Crippen LogP contribution < -0.4 is 21.8 Å². The summed E-state index contributed by atoms with van der Waals surface area (Å²) >= 11 is 0. The van der Waals surface area contributed by atoms with Crippen LogP contribution in [0.4, 0.5) is 0 Å². The minimum absolute atomic E-state index is 0.199. The minimum atomic E-state index is -0.798. The fourth-order valence-corrected chi connectivity index (χ4v) is 2.53. The van der Waals surface area contributed by atoms with Crippen LogP contribution in [0, 0.1) is 22.0 Å². The summed E-state index contributed by atoms with van der Waals surface area (Å²) < 4.78 is 5.21. The Bertz CT molecular complexity index is 533. The second kappa shape index (κ2) is 12.0. The number of hydrazine groups is 1. The highest BCUT2D eigenvalue weighted by Gasteiger charge is 2.27. The summed E-state index contributed by atoms with van der Waals surface area (Å²) in [5.41, 5.74) is 7.09. The van der Waals surface area contributed by atoms with Crippen LogP contribution in [0.15, 0.2) is 4.99 Å². The Hall–Kier alpha value is -2.43. The molecular weight excluding hydrogens is 356 g/mol. The third-order valence-electron chi connectivity index (χ3n) is 4.09. The van der Waals surface area contributed by atoms with E-state index in [1.54, 1.807) is 5.43 Å². The Kier molecular flexibility index (Phi) is 10.1. The third-order valence-corrected chi connectivity index (χ3v) is 4.09. The second-order valence-electron chi connectivity index (χ2n) is 6.87. The summed E-state index contributed by atoms with van der Waals surface area (Å²) in [6.45, 7) is 5.76. The fraction of sp³-hybridized carbons (Fsp3) is 0.812. The molecule has 1 aliphatic heterocycles. The van der Waals surface area contributed by atoms with E-state index in [0.29, 0.717) is 44.9 Å². The van der Waals surface area contributed by atoms with Crippen molar-refractivity contribution in [3.8, 4) is 0 Å². The molecule has 0 aromatic heterocycles. The van der Waals surface area contributed by atoms with E-state index in [1.165, 1.54) is 0 Å². The zero-order valence-electron chi connectivity index (χ0n) is 15.9. The Morgan fingerprint density at radius 1 is 1.37 bits per heavy atom. The zero-order chi connectivity index (χ0) is 20.2. The molecule has 1 aliphatic rings. The van der Waals surface area contributed by atoms with Gasteiger partial charge < -0.3 is 21.1 Å². The number of guanidine groups is 1. The van der Waals surface area contributed by atoms with Crippen LogP contribution in [0.25, 0.3) is 0 Å². The third kappa shape index (κ3) is 9.73. The number of hydrogen-bond donors (Lipinski definition) is 4. The molecule has 0 unspecified atom stereocenters. The fourth-order valence-electron chi connectivity index (χ4n) is 2.53. The van der Waals surface area contributed by atoms with Crippen LogP contribution in [0.1, 0.15) is 39.5 Å². The van der Waals surface area contributed by atoms with Crippen LogP contribution in [0.2, 0.25) is 0 Å². The molecule has 0 bridgehead atoms. The molecule has 0 saturated carbocycles. The first kappa shape index (κ1) is 22.6. The van der Waals surface area contributed by atoms with Crippen LogP contribution >= 0.6 is 0 Å². The predicted molar refractivity (Wildman–Crippen MR) is 99.2 cm³/mol. The Morgan fingerprint density at radius 3 is 2.70 bits per heavy atom. The molecule has 11 heteroatoms. The highest BCUT2D eigenvalue weighted by Crippen LogP contribution is 2.13. The molecule has 0 aliphatic carbocycles. The summed E-state index contributed by atoms with van der Waals surface area (Å²) in [4.78, 5) is 38.8. The maximum Gasteiger partial charge on any atom is 0.251 e. The normalized spacial score (nSPS) is 18.2. The topological polar surface area (TPSA) is 161 Å². The molecule has 0 aromatic rings. The van der Waals surface area contributed by atoms with E-state index in [1.807, 2.05) is 0 Å². The average Bonchev–Trinajstić information content (AvgIpc) is 3.11. The lowest BCUT2D eigenvalue weighted by Crippen LogP contribution is -2.49. The van der Waals surface area contributed by atoms with Crippen molar-refractivity contribution in [3.05, 3.63) is 10.1 Å². The zero-order valence-corrected chi connectivity index (χ0v) is 15.9. The van der Waals surface area contributed by atoms with Gasteiger partial charge in [-0.2, -0.15) is 0 Å². The molecule has 5 N–H and O–H groups in total. The highest BCUT2D eigenvalue weighted by atomic mass is 16.7. The van der Waals surface area contributed by atoms with E-state index in [4.69, 9.17) is 10.5 Å². The maximum absolute atomic E-state index is 12.4. The largest absolute Gasteiger partial charge is 0.381 e. The van der Waals surface area contributed by atoms with Crippen molar-refractivity contribution in [2.45, 2.75) is 45.6 Å². The van der Waals surface area contributed by atoms with E-state index in [0.717, 1.165) is 6.42 Å². The summed E-state index contributed by atoms with van der Waals surface area (Å²) in [7, 11) is 0. The minimum Gasteiger partial charge on any atom is -0.381 e. The predicted octanol–water partition coefficient (Wildman–Crippen LogP) is -0.454. The molecular formula is C16H30N6O5. The second-order valence-corrected chi connectivity index (χ2v) is 6.87. The molecule has 0 radical (unpaired) electrons. The number of nitrogens with two attached hydrogens (primary N) is 1. The van der Waals surface area contributed by atoms with E-state index in [-0.39, 0.29) is 30.2 Å². The van der Waals surface area contributed by atoms with Crippen LogP contribution in [0.3, 0.4) is 0 Å². The lowest BCUT2D eigenvalue weighted by atomic mass is 10.1. The summed E-state index contributed by atoms with van der Waals surface area (Å²) in [5.74, 6) is -0.530. The van der Waals surface area contributed by atoms with Gasteiger partial charge in [0.15, 0.2) is 5.03 Å². The molecule has 1 heterocycles. The number of carbonyl (C=O) groups excluding carboxylic acids is 2. The summed E-state index contributed by atoms with van der Waals surface area (Å²) in [6, 6.07) is -0.690. The molecule has 2 atom stereocenters. The summed E-state index contributed by atoms with van der Waals surface area (Å²) in [5, 5.41) is 15.1. The van der Waals surface area contributed by atoms with Crippen molar-refractivity contribution < 1.29 is 19.4 Å². The lowest BCUT2D eigenvalue weighted by molar-refractivity contribution is -0.525. The van der Waals surface area contributed by atoms with Crippen molar-refractivity contribution >= 4 is 17.8 Å². The van der Waals surface area contributed by atoms with Gasteiger partial charge in [-0.15, -0.1) is 0 Å². The number of nitro groups is 1. The number of amides is 2. The van der Waals surface area contributed by atoms with E-state index >= 15 is 0 Å². The van der Waals surface area contributed by atoms with Crippen LogP contribution in [0.5, 0.6) is 0 Å². The number of carbonyl (C=O) groups is 2. The van der Waals surface area contributed by atoms with Crippen molar-refractivity contribution in [2.24, 2.45) is 22.6 Å². The monoisotopic (exact) mass is 386 g/mol. The van der Waals surface area contributed by atoms with Gasteiger partial charge in [0, 0.05) is 19.7 Å². The van der Waals surface area contributed by atoms with Gasteiger partial charge in [0.1, 0.15) is 6.04 Å². The smallest absolute Gasteiger partial charge is 0.251 e. The van der Waals surface area contributed by atoms with Gasteiger partial charge in [-0.05, 0) is 31.6 Å². The number of rotatable bonds is 11. The molecule has 0 aromatic carbocycles. The van der Waals surface area contributed by atoms with Crippen molar-refractivity contribution in [1.82, 2.24) is 16.1 Å². The molecule has 1 fully saturated rings. The Balaban J connectivity index is 2.53. The van der Waals surface area contributed by atoms with Gasteiger partial charge in [-0.1, -0.05) is 19.3 Å². The first-order chi connectivity index (χ1) is 12.8. The highest BCUT2D eigenvalue weighted by molar-refractivity contribution is 5.88. The van der Waals surface area contributed by atoms with Gasteiger partial charge in [-0.25, -0.2) is 15.1 Å². The molecule has 27 heavy (non-hydrogen) atoms. The van der Waals surface area contributed by atoms with E-state index < -0.39 is 11.1 Å². The number of ether oxygens (including phenoxy) is 1. The quantitative estimate of drug-likeness (QED) is 0.123.